The quantitative estimate of drug-likeness (QED) is 0.453. The molecule has 0 fully saturated rings. The second kappa shape index (κ2) is 27.1. The molecule has 0 atom stereocenters. The van der Waals surface area contributed by atoms with Gasteiger partial charge in [0, 0.05) is 13.8 Å². The van der Waals surface area contributed by atoms with Gasteiger partial charge in [-0.3, -0.25) is 19.2 Å². The third-order valence-electron chi connectivity index (χ3n) is 1.40. The Morgan fingerprint density at radius 1 is 0.600 bits per heavy atom. The van der Waals surface area contributed by atoms with Gasteiger partial charge in [0.2, 0.25) is 13.6 Å². The molecule has 0 radical (unpaired) electrons. The second-order valence-electron chi connectivity index (χ2n) is 3.03. The van der Waals surface area contributed by atoms with Gasteiger partial charge in [-0.2, -0.15) is 0 Å². The summed E-state index contributed by atoms with van der Waals surface area (Å²) < 4.78 is 17.8. The molecule has 0 aliphatic heterocycles. The molecule has 0 spiro atoms. The summed E-state index contributed by atoms with van der Waals surface area (Å²) in [4.78, 5) is 42.8. The van der Waals surface area contributed by atoms with E-state index in [1.807, 2.05) is 0 Å². The van der Waals surface area contributed by atoms with Crippen molar-refractivity contribution in [1.82, 2.24) is 0 Å². The molecule has 0 heterocycles. The van der Waals surface area contributed by atoms with E-state index in [1.165, 1.54) is 13.8 Å². The summed E-state index contributed by atoms with van der Waals surface area (Å²) in [5.74, 6) is -2.56. The SMILES string of the molecule is C.C.C.C.C.C.CC(=O)OCOC(=O)CSCC(=O)OCOC(C)=O. The minimum atomic E-state index is -0.626. The van der Waals surface area contributed by atoms with Crippen molar-refractivity contribution in [3.63, 3.8) is 0 Å². The number of carbonyl (C=O) groups excluding carboxylic acids is 4. The fourth-order valence-electron chi connectivity index (χ4n) is 0.657. The van der Waals surface area contributed by atoms with Crippen LogP contribution in [0, 0.1) is 0 Å². The first-order valence-corrected chi connectivity index (χ1v) is 6.23. The summed E-state index contributed by atoms with van der Waals surface area (Å²) >= 11 is 0.957. The fourth-order valence-corrected chi connectivity index (χ4v) is 1.26. The summed E-state index contributed by atoms with van der Waals surface area (Å²) in [6.07, 6.45) is 0. The molecule has 156 valence electrons. The maximum absolute atomic E-state index is 11.1. The monoisotopic (exact) mass is 390 g/mol. The summed E-state index contributed by atoms with van der Waals surface area (Å²) in [5, 5.41) is 0. The predicted octanol–water partition coefficient (Wildman–Crippen LogP) is 3.66. The van der Waals surface area contributed by atoms with Gasteiger partial charge in [0.25, 0.3) is 0 Å². The van der Waals surface area contributed by atoms with E-state index >= 15 is 0 Å². The zero-order valence-corrected chi connectivity index (χ0v) is 11.3. The molecule has 0 aliphatic rings. The highest BCUT2D eigenvalue weighted by molar-refractivity contribution is 8.00. The number of esters is 4. The van der Waals surface area contributed by atoms with E-state index in [4.69, 9.17) is 0 Å². The molecular formula is C16H38O8S. The molecule has 0 unspecified atom stereocenters. The molecule has 0 N–H and O–H groups in total. The van der Waals surface area contributed by atoms with E-state index in [0.29, 0.717) is 0 Å². The van der Waals surface area contributed by atoms with Crippen molar-refractivity contribution < 1.29 is 38.1 Å². The van der Waals surface area contributed by atoms with Crippen molar-refractivity contribution in [2.24, 2.45) is 0 Å². The van der Waals surface area contributed by atoms with E-state index in [-0.39, 0.29) is 56.1 Å². The summed E-state index contributed by atoms with van der Waals surface area (Å²) in [6.45, 7) is 1.46. The van der Waals surface area contributed by atoms with Gasteiger partial charge >= 0.3 is 23.9 Å². The smallest absolute Gasteiger partial charge is 0.318 e. The summed E-state index contributed by atoms with van der Waals surface area (Å²) in [5.41, 5.74) is 0. The Hall–Kier alpha value is -1.77. The van der Waals surface area contributed by atoms with Crippen LogP contribution in [0.1, 0.15) is 58.4 Å². The van der Waals surface area contributed by atoms with Crippen molar-refractivity contribution in [2.75, 3.05) is 25.1 Å². The molecule has 25 heavy (non-hydrogen) atoms. The molecule has 0 aromatic carbocycles. The van der Waals surface area contributed by atoms with Crippen LogP contribution in [-0.2, 0) is 38.1 Å². The van der Waals surface area contributed by atoms with Crippen LogP contribution in [0.15, 0.2) is 0 Å². The highest BCUT2D eigenvalue weighted by Crippen LogP contribution is 2.02. The van der Waals surface area contributed by atoms with Gasteiger partial charge in [-0.05, 0) is 0 Å². The van der Waals surface area contributed by atoms with Gasteiger partial charge in [0.05, 0.1) is 11.5 Å². The predicted molar refractivity (Wildman–Crippen MR) is 103 cm³/mol. The van der Waals surface area contributed by atoms with Crippen LogP contribution >= 0.6 is 11.8 Å². The fraction of sp³-hybridized carbons (Fsp3) is 0.750. The normalized spacial score (nSPS) is 7.12. The molecular weight excluding hydrogens is 352 g/mol. The highest BCUT2D eigenvalue weighted by Gasteiger charge is 2.08. The second-order valence-corrected chi connectivity index (χ2v) is 4.02. The zero-order chi connectivity index (χ0) is 14.7. The van der Waals surface area contributed by atoms with Gasteiger partial charge in [0.15, 0.2) is 0 Å². The largest absolute Gasteiger partial charge is 0.428 e. The third-order valence-corrected chi connectivity index (χ3v) is 2.28. The maximum Gasteiger partial charge on any atom is 0.318 e. The van der Waals surface area contributed by atoms with Crippen molar-refractivity contribution in [3.8, 4) is 0 Å². The Labute approximate surface area is 157 Å². The lowest BCUT2D eigenvalue weighted by Crippen LogP contribution is -2.15. The number of thioether (sulfide) groups is 1. The average molecular weight is 391 g/mol. The topological polar surface area (TPSA) is 105 Å². The minimum Gasteiger partial charge on any atom is -0.428 e. The van der Waals surface area contributed by atoms with Crippen LogP contribution in [0.4, 0.5) is 0 Å². The van der Waals surface area contributed by atoms with Gasteiger partial charge in [-0.25, -0.2) is 0 Å². The van der Waals surface area contributed by atoms with Crippen LogP contribution in [0.25, 0.3) is 0 Å². The van der Waals surface area contributed by atoms with E-state index in [0.717, 1.165) is 11.8 Å². The van der Waals surface area contributed by atoms with Crippen LogP contribution < -0.4 is 0 Å². The first-order chi connectivity index (χ1) is 8.91. The number of carbonyl (C=O) groups is 4. The molecule has 0 amide bonds. The van der Waals surface area contributed by atoms with Gasteiger partial charge in [-0.1, -0.05) is 44.6 Å². The van der Waals surface area contributed by atoms with Crippen molar-refractivity contribution in [1.29, 1.82) is 0 Å². The molecule has 0 aromatic rings. The van der Waals surface area contributed by atoms with Crippen molar-refractivity contribution >= 4 is 35.6 Å². The molecule has 9 heteroatoms. The number of ether oxygens (including phenoxy) is 4. The third kappa shape index (κ3) is 34.5. The lowest BCUT2D eigenvalue weighted by atomic mass is 10.8. The van der Waals surface area contributed by atoms with Crippen LogP contribution in [-0.4, -0.2) is 49.0 Å². The summed E-state index contributed by atoms with van der Waals surface area (Å²) in [6, 6.07) is 0. The van der Waals surface area contributed by atoms with Crippen LogP contribution in [0.5, 0.6) is 0 Å². The first kappa shape index (κ1) is 43.6. The molecule has 0 aliphatic carbocycles. The lowest BCUT2D eigenvalue weighted by Gasteiger charge is -2.05. The average Bonchev–Trinajstić information content (AvgIpc) is 2.27. The van der Waals surface area contributed by atoms with E-state index in [9.17, 15) is 19.2 Å². The first-order valence-electron chi connectivity index (χ1n) is 5.07. The van der Waals surface area contributed by atoms with E-state index in [2.05, 4.69) is 18.9 Å². The molecule has 0 saturated carbocycles. The maximum atomic E-state index is 11.1. The highest BCUT2D eigenvalue weighted by atomic mass is 32.2. The number of hydrogen-bond acceptors (Lipinski definition) is 9. The molecule has 0 bridgehead atoms. The number of hydrogen-bond donors (Lipinski definition) is 0. The van der Waals surface area contributed by atoms with Gasteiger partial charge in [-0.15, -0.1) is 11.8 Å². The molecule has 8 nitrogen and oxygen atoms in total. The minimum absolute atomic E-state index is 0. The number of rotatable bonds is 8. The van der Waals surface area contributed by atoms with E-state index < -0.39 is 37.5 Å². The molecule has 0 aromatic heterocycles. The Kier molecular flexibility index (Phi) is 47.2. The van der Waals surface area contributed by atoms with E-state index in [1.54, 1.807) is 0 Å². The Balaban J connectivity index is -0.000000108. The van der Waals surface area contributed by atoms with Crippen molar-refractivity contribution in [3.05, 3.63) is 0 Å². The van der Waals surface area contributed by atoms with Crippen LogP contribution in [0.2, 0.25) is 0 Å². The Bertz CT molecular complexity index is 313. The van der Waals surface area contributed by atoms with Gasteiger partial charge in [0.1, 0.15) is 0 Å². The van der Waals surface area contributed by atoms with Crippen LogP contribution in [0.3, 0.4) is 0 Å². The van der Waals surface area contributed by atoms with Gasteiger partial charge < -0.3 is 18.9 Å². The zero-order valence-electron chi connectivity index (χ0n) is 10.5. The summed E-state index contributed by atoms with van der Waals surface area (Å²) in [7, 11) is 0. The molecule has 0 saturated heterocycles. The standard InChI is InChI=1S/C10H14O8S.6CH4/c1-7(11)15-5-17-9(13)3-19-4-10(14)18-6-16-8(2)12;;;;;;/h3-6H2,1-2H3;6*1H4. The lowest BCUT2D eigenvalue weighted by molar-refractivity contribution is -0.165. The Morgan fingerprint density at radius 2 is 0.880 bits per heavy atom. The Morgan fingerprint density at radius 3 is 1.12 bits per heavy atom. The van der Waals surface area contributed by atoms with Crippen molar-refractivity contribution in [2.45, 2.75) is 58.4 Å². The molecule has 0 rings (SSSR count).